The lowest BCUT2D eigenvalue weighted by molar-refractivity contribution is -0.0410. The Morgan fingerprint density at radius 1 is 1.76 bits per heavy atom. The van der Waals surface area contributed by atoms with Gasteiger partial charge in [-0.1, -0.05) is 0 Å². The number of carboxylic acids is 1. The van der Waals surface area contributed by atoms with Gasteiger partial charge >= 0.3 is 5.97 Å². The Labute approximate surface area is 105 Å². The second kappa shape index (κ2) is 4.97. The summed E-state index contributed by atoms with van der Waals surface area (Å²) >= 11 is 2.85. The fourth-order valence-electron chi connectivity index (χ4n) is 1.43. The number of carboxylic acid groups (broad SMARTS) is 1. The van der Waals surface area contributed by atoms with Crippen molar-refractivity contribution in [2.24, 2.45) is 0 Å². The molecule has 2 heterocycles. The number of ether oxygens (including phenoxy) is 1. The van der Waals surface area contributed by atoms with Crippen molar-refractivity contribution in [1.29, 1.82) is 0 Å². The van der Waals surface area contributed by atoms with E-state index in [4.69, 9.17) is 9.84 Å². The number of carbonyl (C=O) groups is 1. The van der Waals surface area contributed by atoms with Crippen molar-refractivity contribution in [2.75, 3.05) is 18.5 Å². The fourth-order valence-corrected chi connectivity index (χ4v) is 1.73. The number of nitrogens with zero attached hydrogens (tertiary/aromatic N) is 1. The molecule has 1 aliphatic rings. The molecule has 1 aromatic heterocycles. The quantitative estimate of drug-likeness (QED) is 0.831. The molecule has 5 nitrogen and oxygen atoms in total. The molecule has 1 saturated heterocycles. The number of nitrogens with one attached hydrogen (secondary N) is 1. The van der Waals surface area contributed by atoms with Crippen LogP contribution in [0.1, 0.15) is 16.9 Å². The molecule has 0 radical (unpaired) electrons. The van der Waals surface area contributed by atoms with E-state index in [0.29, 0.717) is 13.2 Å². The van der Waals surface area contributed by atoms with Crippen molar-refractivity contribution >= 4 is 27.6 Å². The Kier molecular flexibility index (Phi) is 3.58. The van der Waals surface area contributed by atoms with Gasteiger partial charge in [0, 0.05) is 19.2 Å². The van der Waals surface area contributed by atoms with Crippen LogP contribution in [0.2, 0.25) is 0 Å². The molecule has 0 saturated carbocycles. The summed E-state index contributed by atoms with van der Waals surface area (Å²) in [5, 5.41) is 11.8. The highest BCUT2D eigenvalue weighted by Crippen LogP contribution is 2.22. The molecule has 1 unspecified atom stereocenters. The second-order valence-electron chi connectivity index (χ2n) is 3.62. The minimum Gasteiger partial charge on any atom is -0.476 e. The zero-order chi connectivity index (χ0) is 12.4. The highest BCUT2D eigenvalue weighted by atomic mass is 79.9. The van der Waals surface area contributed by atoms with Gasteiger partial charge in [-0.3, -0.25) is 0 Å². The second-order valence-corrected chi connectivity index (χ2v) is 4.38. The maximum absolute atomic E-state index is 13.3. The van der Waals surface area contributed by atoms with E-state index in [2.05, 4.69) is 26.2 Å². The van der Waals surface area contributed by atoms with Gasteiger partial charge in [0.2, 0.25) is 0 Å². The summed E-state index contributed by atoms with van der Waals surface area (Å²) in [4.78, 5) is 14.6. The molecular weight excluding hydrogens is 295 g/mol. The molecule has 1 atom stereocenters. The smallest absolute Gasteiger partial charge is 0.356 e. The van der Waals surface area contributed by atoms with Crippen LogP contribution < -0.4 is 5.32 Å². The lowest BCUT2D eigenvalue weighted by atomic mass is 10.2. The average molecular weight is 305 g/mol. The number of aromatic nitrogens is 1. The summed E-state index contributed by atoms with van der Waals surface area (Å²) in [5.41, 5.74) is -0.0497. The lowest BCUT2D eigenvalue weighted by Crippen LogP contribution is -2.33. The maximum atomic E-state index is 13.3. The third kappa shape index (κ3) is 2.73. The predicted octanol–water partition coefficient (Wildman–Crippen LogP) is 1.88. The van der Waals surface area contributed by atoms with Crippen LogP contribution in [0.4, 0.5) is 10.1 Å². The third-order valence-corrected chi connectivity index (χ3v) is 3.01. The van der Waals surface area contributed by atoms with Crippen molar-refractivity contribution in [3.05, 3.63) is 22.2 Å². The van der Waals surface area contributed by atoms with Gasteiger partial charge in [-0.15, -0.1) is 0 Å². The summed E-state index contributed by atoms with van der Waals surface area (Å²) in [6, 6.07) is 1.11. The topological polar surface area (TPSA) is 71.5 Å². The Balaban J connectivity index is 2.17. The Morgan fingerprint density at radius 2 is 2.47 bits per heavy atom. The zero-order valence-electron chi connectivity index (χ0n) is 8.74. The number of rotatable bonds is 4. The van der Waals surface area contributed by atoms with E-state index in [0.717, 1.165) is 12.5 Å². The first-order valence-electron chi connectivity index (χ1n) is 5.02. The molecule has 0 spiro atoms. The summed E-state index contributed by atoms with van der Waals surface area (Å²) in [7, 11) is 0. The van der Waals surface area contributed by atoms with E-state index in [1.54, 1.807) is 0 Å². The van der Waals surface area contributed by atoms with Crippen LogP contribution in [0.5, 0.6) is 0 Å². The highest BCUT2D eigenvalue weighted by Gasteiger charge is 2.20. The van der Waals surface area contributed by atoms with E-state index in [1.165, 1.54) is 0 Å². The van der Waals surface area contributed by atoms with Crippen molar-refractivity contribution in [3.8, 4) is 0 Å². The Morgan fingerprint density at radius 3 is 3.00 bits per heavy atom. The molecule has 1 aromatic rings. The van der Waals surface area contributed by atoms with E-state index in [1.807, 2.05) is 0 Å². The van der Waals surface area contributed by atoms with Crippen molar-refractivity contribution in [1.82, 2.24) is 4.98 Å². The standard InChI is InChI=1S/C10H10BrFN2O3/c11-9-6(12)3-7(8(14-9)10(15)16)13-4-5-1-2-17-5/h3,5,13H,1-2,4H2,(H,15,16). The van der Waals surface area contributed by atoms with Gasteiger partial charge < -0.3 is 15.2 Å². The third-order valence-electron chi connectivity index (χ3n) is 2.45. The number of aromatic carboxylic acids is 1. The van der Waals surface area contributed by atoms with E-state index < -0.39 is 11.8 Å². The molecule has 0 aliphatic carbocycles. The lowest BCUT2D eigenvalue weighted by Gasteiger charge is -2.27. The molecule has 1 fully saturated rings. The van der Waals surface area contributed by atoms with Crippen molar-refractivity contribution < 1.29 is 19.0 Å². The summed E-state index contributed by atoms with van der Waals surface area (Å²) < 4.78 is 18.3. The predicted molar refractivity (Wildman–Crippen MR) is 61.7 cm³/mol. The van der Waals surface area contributed by atoms with Crippen LogP contribution >= 0.6 is 15.9 Å². The van der Waals surface area contributed by atoms with Crippen LogP contribution in [0.3, 0.4) is 0 Å². The molecule has 1 aliphatic heterocycles. The highest BCUT2D eigenvalue weighted by molar-refractivity contribution is 9.10. The molecule has 2 rings (SSSR count). The number of halogens is 2. The fraction of sp³-hybridized carbons (Fsp3) is 0.400. The van der Waals surface area contributed by atoms with E-state index in [9.17, 15) is 9.18 Å². The van der Waals surface area contributed by atoms with Gasteiger partial charge in [0.25, 0.3) is 0 Å². The number of hydrogen-bond donors (Lipinski definition) is 2. The van der Waals surface area contributed by atoms with Gasteiger partial charge in [0.1, 0.15) is 4.60 Å². The Hall–Kier alpha value is -1.21. The first-order chi connectivity index (χ1) is 8.08. The minimum atomic E-state index is -1.21. The van der Waals surface area contributed by atoms with Crippen LogP contribution in [0.25, 0.3) is 0 Å². The molecule has 7 heteroatoms. The normalized spacial score (nSPS) is 18.6. The van der Waals surface area contributed by atoms with Gasteiger partial charge in [0.05, 0.1) is 11.8 Å². The van der Waals surface area contributed by atoms with Crippen LogP contribution in [-0.4, -0.2) is 35.3 Å². The number of hydrogen-bond acceptors (Lipinski definition) is 4. The summed E-state index contributed by atoms with van der Waals surface area (Å²) in [5.74, 6) is -1.81. The molecule has 0 amide bonds. The molecule has 17 heavy (non-hydrogen) atoms. The van der Waals surface area contributed by atoms with Gasteiger partial charge in [-0.2, -0.15) is 0 Å². The molecule has 92 valence electrons. The molecular formula is C10H10BrFN2O3. The number of pyridine rings is 1. The van der Waals surface area contributed by atoms with Crippen LogP contribution in [0, 0.1) is 5.82 Å². The maximum Gasteiger partial charge on any atom is 0.356 e. The van der Waals surface area contributed by atoms with Crippen LogP contribution in [0.15, 0.2) is 10.7 Å². The minimum absolute atomic E-state index is 0.0587. The van der Waals surface area contributed by atoms with Crippen molar-refractivity contribution in [2.45, 2.75) is 12.5 Å². The first-order valence-corrected chi connectivity index (χ1v) is 5.82. The van der Waals surface area contributed by atoms with E-state index in [-0.39, 0.29) is 22.1 Å². The van der Waals surface area contributed by atoms with Crippen LogP contribution in [-0.2, 0) is 4.74 Å². The number of anilines is 1. The van der Waals surface area contributed by atoms with Crippen molar-refractivity contribution in [3.63, 3.8) is 0 Å². The van der Waals surface area contributed by atoms with E-state index >= 15 is 0 Å². The van der Waals surface area contributed by atoms with Gasteiger partial charge in [0.15, 0.2) is 11.5 Å². The summed E-state index contributed by atoms with van der Waals surface area (Å²) in [6.45, 7) is 1.16. The largest absolute Gasteiger partial charge is 0.476 e. The molecule has 0 bridgehead atoms. The van der Waals surface area contributed by atoms with Gasteiger partial charge in [-0.25, -0.2) is 14.2 Å². The molecule has 2 N–H and O–H groups in total. The van der Waals surface area contributed by atoms with Gasteiger partial charge in [-0.05, 0) is 22.4 Å². The molecule has 0 aromatic carbocycles. The zero-order valence-corrected chi connectivity index (χ0v) is 10.3. The first kappa shape index (κ1) is 12.3. The Bertz CT molecular complexity index is 451. The average Bonchev–Trinajstić information content (AvgIpc) is 2.20. The SMILES string of the molecule is O=C(O)c1nc(Br)c(F)cc1NCC1CCO1. The summed E-state index contributed by atoms with van der Waals surface area (Å²) in [6.07, 6.45) is 0.977. The monoisotopic (exact) mass is 304 g/mol.